The first-order valence-electron chi connectivity index (χ1n) is 15.3. The zero-order valence-corrected chi connectivity index (χ0v) is 25.4. The highest BCUT2D eigenvalue weighted by atomic mass is 19.1. The Balaban J connectivity index is 1.62. The molecule has 2 aliphatic heterocycles. The largest absolute Gasteiger partial charge is 0.494 e. The van der Waals surface area contributed by atoms with Crippen molar-refractivity contribution in [3.05, 3.63) is 65.5 Å². The topological polar surface area (TPSA) is 137 Å². The van der Waals surface area contributed by atoms with Gasteiger partial charge in [0.2, 0.25) is 23.6 Å². The molecule has 1 fully saturated rings. The van der Waals surface area contributed by atoms with E-state index in [1.54, 1.807) is 17.0 Å². The molecule has 1 unspecified atom stereocenters. The van der Waals surface area contributed by atoms with Crippen LogP contribution in [0.1, 0.15) is 57.1 Å². The van der Waals surface area contributed by atoms with Crippen LogP contribution in [-0.2, 0) is 32.1 Å². The van der Waals surface area contributed by atoms with Crippen LogP contribution in [0.25, 0.3) is 0 Å². The number of rotatable bonds is 6. The summed E-state index contributed by atoms with van der Waals surface area (Å²) in [5.74, 6) is -1.93. The molecule has 0 radical (unpaired) electrons. The normalized spacial score (nSPS) is 22.1. The summed E-state index contributed by atoms with van der Waals surface area (Å²) in [6.45, 7) is 3.88. The maximum absolute atomic E-state index is 14.7. The van der Waals surface area contributed by atoms with E-state index >= 15 is 0 Å². The minimum absolute atomic E-state index is 0.125. The molecule has 2 aromatic carbocycles. The third kappa shape index (κ3) is 9.01. The minimum Gasteiger partial charge on any atom is -0.494 e. The fourth-order valence-electron chi connectivity index (χ4n) is 5.39. The van der Waals surface area contributed by atoms with Gasteiger partial charge in [0.25, 0.3) is 0 Å². The third-order valence-corrected chi connectivity index (χ3v) is 8.34. The van der Waals surface area contributed by atoms with Crippen molar-refractivity contribution in [1.82, 2.24) is 20.9 Å². The summed E-state index contributed by atoms with van der Waals surface area (Å²) >= 11 is 0. The Morgan fingerprint density at radius 2 is 1.89 bits per heavy atom. The summed E-state index contributed by atoms with van der Waals surface area (Å²) in [5.41, 5.74) is -0.000891. The molecular formula is C33H43FN4O6. The average molecular weight is 611 g/mol. The van der Waals surface area contributed by atoms with Crippen molar-refractivity contribution >= 4 is 23.6 Å². The Bertz CT molecular complexity index is 1320. The molecule has 238 valence electrons. The van der Waals surface area contributed by atoms with E-state index in [0.717, 1.165) is 18.4 Å². The summed E-state index contributed by atoms with van der Waals surface area (Å²) in [5, 5.41) is 17.8. The van der Waals surface area contributed by atoms with Crippen molar-refractivity contribution in [2.45, 2.75) is 71.0 Å². The van der Waals surface area contributed by atoms with Crippen LogP contribution in [0.4, 0.5) is 4.39 Å². The van der Waals surface area contributed by atoms with Crippen molar-refractivity contribution in [2.75, 3.05) is 26.3 Å². The number of piperidine rings is 1. The lowest BCUT2D eigenvalue weighted by atomic mass is 9.92. The maximum Gasteiger partial charge on any atom is 0.243 e. The Kier molecular flexibility index (Phi) is 11.3. The Morgan fingerprint density at radius 3 is 2.64 bits per heavy atom. The van der Waals surface area contributed by atoms with E-state index < -0.39 is 47.6 Å². The van der Waals surface area contributed by atoms with Crippen LogP contribution in [0.3, 0.4) is 0 Å². The van der Waals surface area contributed by atoms with Crippen molar-refractivity contribution in [2.24, 2.45) is 11.3 Å². The zero-order chi connectivity index (χ0) is 31.7. The molecule has 3 atom stereocenters. The molecule has 4 bridgehead atoms. The molecule has 11 heteroatoms. The molecule has 0 aliphatic carbocycles. The highest BCUT2D eigenvalue weighted by molar-refractivity contribution is 5.95. The number of aliphatic hydroxyl groups excluding tert-OH is 1. The zero-order valence-electron chi connectivity index (χ0n) is 25.4. The van der Waals surface area contributed by atoms with Crippen LogP contribution in [0.2, 0.25) is 0 Å². The standard InChI is InChI=1S/C33H43FN4O6/c1-33(2,21-39)32(43)37-28-18-29(40)38-15-6-9-23(20-38)14-16-44-25-11-12-26(34)24(17-25)19-35-30(41)27(36-31(28)42)13-10-22-7-4-3-5-8-22/h3-5,7-8,11-12,17,23,27-28,39H,6,9-10,13-16,18-21H2,1-2H3,(H,35,41)(H,36,42)(H,37,43)/t23?,27-,28-/m0/s1. The van der Waals surface area contributed by atoms with E-state index in [1.165, 1.54) is 19.9 Å². The van der Waals surface area contributed by atoms with Crippen LogP contribution < -0.4 is 20.7 Å². The average Bonchev–Trinajstić information content (AvgIpc) is 3.02. The van der Waals surface area contributed by atoms with Gasteiger partial charge >= 0.3 is 0 Å². The SMILES string of the molecule is CC(C)(CO)C(=O)N[C@H]1CC(=O)N2CCCC(CCOc3ccc(F)c(c3)CNC(=O)[C@H](CCc3ccccc3)NC1=O)C2. The first-order valence-corrected chi connectivity index (χ1v) is 15.3. The lowest BCUT2D eigenvalue weighted by Crippen LogP contribution is -2.57. The number of carbonyl (C=O) groups excluding carboxylic acids is 4. The maximum atomic E-state index is 14.7. The molecule has 4 N–H and O–H groups in total. The van der Waals surface area contributed by atoms with Gasteiger partial charge in [-0.1, -0.05) is 30.3 Å². The molecule has 2 aliphatic rings. The Hall–Kier alpha value is -3.99. The van der Waals surface area contributed by atoms with Crippen LogP contribution in [-0.4, -0.2) is 72.0 Å². The molecular weight excluding hydrogens is 567 g/mol. The first kappa shape index (κ1) is 32.9. The van der Waals surface area contributed by atoms with Crippen LogP contribution in [0.5, 0.6) is 5.75 Å². The molecule has 4 amide bonds. The minimum atomic E-state index is -1.27. The predicted molar refractivity (Wildman–Crippen MR) is 162 cm³/mol. The highest BCUT2D eigenvalue weighted by Crippen LogP contribution is 2.23. The first-order chi connectivity index (χ1) is 21.1. The van der Waals surface area contributed by atoms with Crippen molar-refractivity contribution in [3.8, 4) is 5.75 Å². The number of halogens is 1. The number of carbonyl (C=O) groups is 4. The number of benzene rings is 2. The number of hydrogen-bond acceptors (Lipinski definition) is 6. The van der Waals surface area contributed by atoms with E-state index in [2.05, 4.69) is 16.0 Å². The number of fused-ring (bicyclic) bond motifs is 4. The van der Waals surface area contributed by atoms with E-state index in [0.29, 0.717) is 38.3 Å². The van der Waals surface area contributed by atoms with Crippen molar-refractivity contribution < 1.29 is 33.4 Å². The Morgan fingerprint density at radius 1 is 1.11 bits per heavy atom. The van der Waals surface area contributed by atoms with E-state index in [1.807, 2.05) is 30.3 Å². The van der Waals surface area contributed by atoms with Gasteiger partial charge in [0, 0.05) is 25.2 Å². The molecule has 0 spiro atoms. The van der Waals surface area contributed by atoms with Gasteiger partial charge in [0.05, 0.1) is 25.0 Å². The summed E-state index contributed by atoms with van der Waals surface area (Å²) < 4.78 is 20.6. The second kappa shape index (κ2) is 15.1. The van der Waals surface area contributed by atoms with Crippen molar-refractivity contribution in [1.29, 1.82) is 0 Å². The second-order valence-electron chi connectivity index (χ2n) is 12.3. The van der Waals surface area contributed by atoms with Gasteiger partial charge < -0.3 is 30.7 Å². The number of ether oxygens (including phenoxy) is 1. The quantitative estimate of drug-likeness (QED) is 0.397. The van der Waals surface area contributed by atoms with Gasteiger partial charge in [-0.2, -0.15) is 0 Å². The summed E-state index contributed by atoms with van der Waals surface area (Å²) in [6, 6.07) is 11.5. The Labute approximate surface area is 257 Å². The summed E-state index contributed by atoms with van der Waals surface area (Å²) in [7, 11) is 0. The molecule has 0 aromatic heterocycles. The number of aryl methyl sites for hydroxylation is 1. The van der Waals surface area contributed by atoms with Gasteiger partial charge in [0.15, 0.2) is 0 Å². The van der Waals surface area contributed by atoms with Crippen LogP contribution >= 0.6 is 0 Å². The monoisotopic (exact) mass is 610 g/mol. The summed E-state index contributed by atoms with van der Waals surface area (Å²) in [6.07, 6.45) is 2.77. The number of hydrogen-bond donors (Lipinski definition) is 4. The molecule has 0 saturated carbocycles. The van der Waals surface area contributed by atoms with E-state index in [4.69, 9.17) is 4.74 Å². The number of amides is 4. The molecule has 1 saturated heterocycles. The molecule has 2 heterocycles. The number of nitrogens with zero attached hydrogens (tertiary/aromatic N) is 1. The van der Waals surface area contributed by atoms with Crippen molar-refractivity contribution in [3.63, 3.8) is 0 Å². The second-order valence-corrected chi connectivity index (χ2v) is 12.3. The lowest BCUT2D eigenvalue weighted by Gasteiger charge is -2.34. The van der Waals surface area contributed by atoms with Gasteiger partial charge in [-0.3, -0.25) is 19.2 Å². The van der Waals surface area contributed by atoms with Gasteiger partial charge in [-0.05, 0) is 75.6 Å². The smallest absolute Gasteiger partial charge is 0.243 e. The number of aliphatic hydroxyl groups is 1. The van der Waals surface area contributed by atoms with Gasteiger partial charge in [0.1, 0.15) is 23.7 Å². The van der Waals surface area contributed by atoms with Crippen LogP contribution in [0, 0.1) is 17.2 Å². The predicted octanol–water partition coefficient (Wildman–Crippen LogP) is 2.47. The molecule has 10 nitrogen and oxygen atoms in total. The molecule has 44 heavy (non-hydrogen) atoms. The van der Waals surface area contributed by atoms with Gasteiger partial charge in [-0.15, -0.1) is 0 Å². The fraction of sp³-hybridized carbons (Fsp3) is 0.515. The van der Waals surface area contributed by atoms with E-state index in [9.17, 15) is 28.7 Å². The molecule has 2 aromatic rings. The third-order valence-electron chi connectivity index (χ3n) is 8.34. The molecule has 4 rings (SSSR count). The van der Waals surface area contributed by atoms with Crippen LogP contribution in [0.15, 0.2) is 48.5 Å². The van der Waals surface area contributed by atoms with Gasteiger partial charge in [-0.25, -0.2) is 4.39 Å². The summed E-state index contributed by atoms with van der Waals surface area (Å²) in [4.78, 5) is 55.4. The fourth-order valence-corrected chi connectivity index (χ4v) is 5.39. The highest BCUT2D eigenvalue weighted by Gasteiger charge is 2.35. The van der Waals surface area contributed by atoms with E-state index in [-0.39, 0.29) is 36.8 Å². The lowest BCUT2D eigenvalue weighted by molar-refractivity contribution is -0.140. The number of nitrogens with one attached hydrogen (secondary N) is 3.